The fourth-order valence-electron chi connectivity index (χ4n) is 6.98. The molecule has 0 aromatic heterocycles. The first kappa shape index (κ1) is 53.1. The highest BCUT2D eigenvalue weighted by molar-refractivity contribution is 5.76. The molecule has 0 aliphatic heterocycles. The molecule has 6 heteroatoms. The molecule has 0 saturated carbocycles. The van der Waals surface area contributed by atoms with E-state index in [1.807, 2.05) is 6.08 Å². The van der Waals surface area contributed by atoms with Gasteiger partial charge in [0.1, 0.15) is 0 Å². The Kier molecular flexibility index (Phi) is 43.2. The van der Waals surface area contributed by atoms with Crippen LogP contribution in [-0.2, 0) is 14.3 Å². The van der Waals surface area contributed by atoms with Gasteiger partial charge in [-0.2, -0.15) is 0 Å². The van der Waals surface area contributed by atoms with E-state index in [1.165, 1.54) is 148 Å². The summed E-state index contributed by atoms with van der Waals surface area (Å²) in [7, 11) is 0. The highest BCUT2D eigenvalue weighted by Gasteiger charge is 2.19. The number of ether oxygens (including phenoxy) is 1. The lowest BCUT2D eigenvalue weighted by atomic mass is 10.0. The average Bonchev–Trinajstić information content (AvgIpc) is 3.18. The van der Waals surface area contributed by atoms with Gasteiger partial charge in [0.25, 0.3) is 0 Å². The topological polar surface area (TPSA) is 95.9 Å². The summed E-state index contributed by atoms with van der Waals surface area (Å²) >= 11 is 0. The molecule has 0 spiro atoms. The van der Waals surface area contributed by atoms with E-state index in [9.17, 15) is 19.8 Å². The number of amides is 1. The van der Waals surface area contributed by atoms with E-state index in [0.717, 1.165) is 51.4 Å². The lowest BCUT2D eigenvalue weighted by Crippen LogP contribution is -2.45. The number of aliphatic hydroxyl groups excluding tert-OH is 2. The molecule has 6 nitrogen and oxygen atoms in total. The molecule has 2 atom stereocenters. The Labute approximate surface area is 341 Å². The van der Waals surface area contributed by atoms with Crippen LogP contribution in [0.4, 0.5) is 0 Å². The predicted octanol–water partition coefficient (Wildman–Crippen LogP) is 13.7. The third-order valence-electron chi connectivity index (χ3n) is 10.7. The van der Waals surface area contributed by atoms with Gasteiger partial charge >= 0.3 is 5.97 Å². The van der Waals surface area contributed by atoms with Crippen LogP contribution in [0.2, 0.25) is 0 Å². The summed E-state index contributed by atoms with van der Waals surface area (Å²) in [5.74, 6) is -0.145. The smallest absolute Gasteiger partial charge is 0.305 e. The lowest BCUT2D eigenvalue weighted by molar-refractivity contribution is -0.143. The minimum Gasteiger partial charge on any atom is -0.466 e. The number of hydrogen-bond donors (Lipinski definition) is 3. The quantitative estimate of drug-likeness (QED) is 0.0326. The summed E-state index contributed by atoms with van der Waals surface area (Å²) < 4.78 is 5.44. The fraction of sp³-hybridized carbons (Fsp3) is 0.837. The van der Waals surface area contributed by atoms with Crippen LogP contribution in [0.15, 0.2) is 36.5 Å². The largest absolute Gasteiger partial charge is 0.466 e. The van der Waals surface area contributed by atoms with Crippen molar-refractivity contribution in [2.75, 3.05) is 13.2 Å². The van der Waals surface area contributed by atoms with Crippen LogP contribution in [0.5, 0.6) is 0 Å². The van der Waals surface area contributed by atoms with Gasteiger partial charge in [-0.1, -0.05) is 192 Å². The summed E-state index contributed by atoms with van der Waals surface area (Å²) in [5.41, 5.74) is 0. The van der Waals surface area contributed by atoms with Crippen LogP contribution in [0.25, 0.3) is 0 Å². The Bertz CT molecular complexity index is 900. The van der Waals surface area contributed by atoms with Crippen LogP contribution in [0.3, 0.4) is 0 Å². The zero-order chi connectivity index (χ0) is 40.1. The van der Waals surface area contributed by atoms with E-state index in [1.54, 1.807) is 0 Å². The highest BCUT2D eigenvalue weighted by atomic mass is 16.5. The van der Waals surface area contributed by atoms with Crippen molar-refractivity contribution in [2.45, 2.75) is 251 Å². The number of carbonyl (C=O) groups is 2. The monoisotopic (exact) mass is 774 g/mol. The van der Waals surface area contributed by atoms with E-state index in [0.29, 0.717) is 32.3 Å². The second-order valence-electron chi connectivity index (χ2n) is 16.1. The van der Waals surface area contributed by atoms with Crippen molar-refractivity contribution in [3.63, 3.8) is 0 Å². The maximum atomic E-state index is 12.3. The maximum absolute atomic E-state index is 12.3. The minimum absolute atomic E-state index is 0.0256. The minimum atomic E-state index is -0.697. The number of hydrogen-bond acceptors (Lipinski definition) is 5. The zero-order valence-electron chi connectivity index (χ0n) is 36.4. The van der Waals surface area contributed by atoms with Crippen molar-refractivity contribution in [3.8, 4) is 0 Å². The molecule has 0 bridgehead atoms. The van der Waals surface area contributed by atoms with Crippen molar-refractivity contribution >= 4 is 11.9 Å². The van der Waals surface area contributed by atoms with Gasteiger partial charge in [0, 0.05) is 12.8 Å². The van der Waals surface area contributed by atoms with Crippen molar-refractivity contribution in [1.82, 2.24) is 5.32 Å². The Morgan fingerprint density at radius 3 is 1.44 bits per heavy atom. The van der Waals surface area contributed by atoms with Crippen LogP contribution in [-0.4, -0.2) is 47.4 Å². The summed E-state index contributed by atoms with van der Waals surface area (Å²) in [5, 5.41) is 22.9. The van der Waals surface area contributed by atoms with Gasteiger partial charge in [0.15, 0.2) is 0 Å². The third kappa shape index (κ3) is 41.5. The fourth-order valence-corrected chi connectivity index (χ4v) is 6.98. The number of aliphatic hydroxyl groups is 2. The van der Waals surface area contributed by atoms with Gasteiger partial charge in [-0.3, -0.25) is 9.59 Å². The van der Waals surface area contributed by atoms with Crippen LogP contribution >= 0.6 is 0 Å². The third-order valence-corrected chi connectivity index (χ3v) is 10.7. The standard InChI is InChI=1S/C49H91NO5/c1-3-5-7-9-11-13-14-15-16-17-20-23-27-31-35-39-43-49(54)55-44-40-36-32-28-24-21-18-19-22-26-30-34-38-42-48(53)50-46(45-51)47(52)41-37-33-29-25-12-10-8-6-4-2/h16-17,19,22,30,34,46-47,51-52H,3-15,18,20-21,23-29,31-33,35-45H2,1-2H3,(H,50,53)/b17-16-,22-19-,34-30-. The Morgan fingerprint density at radius 2 is 0.927 bits per heavy atom. The molecule has 2 unspecified atom stereocenters. The van der Waals surface area contributed by atoms with E-state index >= 15 is 0 Å². The van der Waals surface area contributed by atoms with Crippen molar-refractivity contribution < 1.29 is 24.5 Å². The molecule has 0 aliphatic carbocycles. The van der Waals surface area contributed by atoms with Crippen LogP contribution in [0, 0.1) is 0 Å². The Hall–Kier alpha value is -1.92. The molecule has 0 aliphatic rings. The van der Waals surface area contributed by atoms with Crippen LogP contribution in [0.1, 0.15) is 239 Å². The normalized spacial score (nSPS) is 13.0. The summed E-state index contributed by atoms with van der Waals surface area (Å²) in [6.07, 6.45) is 52.7. The number of allylic oxidation sites excluding steroid dienone is 6. The van der Waals surface area contributed by atoms with E-state index in [4.69, 9.17) is 4.74 Å². The molecule has 1 amide bonds. The van der Waals surface area contributed by atoms with Gasteiger partial charge in [-0.25, -0.2) is 0 Å². The molecular weight excluding hydrogens is 683 g/mol. The van der Waals surface area contributed by atoms with Crippen molar-refractivity contribution in [1.29, 1.82) is 0 Å². The molecule has 0 heterocycles. The molecule has 3 N–H and O–H groups in total. The van der Waals surface area contributed by atoms with E-state index < -0.39 is 12.1 Å². The summed E-state index contributed by atoms with van der Waals surface area (Å²) in [6, 6.07) is -0.583. The number of unbranched alkanes of at least 4 members (excludes halogenated alkanes) is 26. The zero-order valence-corrected chi connectivity index (χ0v) is 36.4. The van der Waals surface area contributed by atoms with Gasteiger partial charge in [0.2, 0.25) is 5.91 Å². The van der Waals surface area contributed by atoms with Gasteiger partial charge in [-0.15, -0.1) is 0 Å². The Morgan fingerprint density at radius 1 is 0.509 bits per heavy atom. The van der Waals surface area contributed by atoms with E-state index in [2.05, 4.69) is 49.5 Å². The van der Waals surface area contributed by atoms with E-state index in [-0.39, 0.29) is 18.5 Å². The average molecular weight is 774 g/mol. The first-order chi connectivity index (χ1) is 27.0. The summed E-state index contributed by atoms with van der Waals surface area (Å²) in [6.45, 7) is 4.84. The number of nitrogens with one attached hydrogen (secondary N) is 1. The Balaban J connectivity index is 3.53. The van der Waals surface area contributed by atoms with Gasteiger partial charge in [0.05, 0.1) is 25.4 Å². The molecule has 0 radical (unpaired) electrons. The predicted molar refractivity (Wildman–Crippen MR) is 236 cm³/mol. The van der Waals surface area contributed by atoms with Crippen molar-refractivity contribution in [3.05, 3.63) is 36.5 Å². The highest BCUT2D eigenvalue weighted by Crippen LogP contribution is 2.14. The molecule has 0 saturated heterocycles. The number of rotatable bonds is 43. The second-order valence-corrected chi connectivity index (χ2v) is 16.1. The molecular formula is C49H91NO5. The molecule has 322 valence electrons. The number of carbonyl (C=O) groups excluding carboxylic acids is 2. The van der Waals surface area contributed by atoms with Crippen LogP contribution < -0.4 is 5.32 Å². The van der Waals surface area contributed by atoms with Crippen molar-refractivity contribution in [2.24, 2.45) is 0 Å². The van der Waals surface area contributed by atoms with Gasteiger partial charge < -0.3 is 20.3 Å². The molecule has 0 aromatic rings. The first-order valence-electron chi connectivity index (χ1n) is 23.7. The number of esters is 1. The molecule has 55 heavy (non-hydrogen) atoms. The first-order valence-corrected chi connectivity index (χ1v) is 23.7. The second kappa shape index (κ2) is 44.8. The van der Waals surface area contributed by atoms with Gasteiger partial charge in [-0.05, 0) is 70.6 Å². The molecule has 0 aromatic carbocycles. The molecule has 0 fully saturated rings. The lowest BCUT2D eigenvalue weighted by Gasteiger charge is -2.22. The maximum Gasteiger partial charge on any atom is 0.305 e. The SMILES string of the molecule is CCCCCCCCC/C=C\CCCCCCCC(=O)OCCCCCCCC/C=C\C/C=C\CCC(=O)NC(CO)C(O)CCCCCCCCCCC. The summed E-state index contributed by atoms with van der Waals surface area (Å²) in [4.78, 5) is 24.3. The molecule has 0 rings (SSSR count).